The SMILES string of the molecule is COc1ccc(C(=O)NNc2c(Cl)cc(Cl)cc2Cl)cc1OC. The van der Waals surface area contributed by atoms with Crippen molar-refractivity contribution in [3.8, 4) is 11.5 Å². The Labute approximate surface area is 148 Å². The summed E-state index contributed by atoms with van der Waals surface area (Å²) in [5, 5.41) is 0.974. The molecule has 0 aromatic heterocycles. The van der Waals surface area contributed by atoms with Gasteiger partial charge in [0.2, 0.25) is 0 Å². The van der Waals surface area contributed by atoms with Crippen molar-refractivity contribution in [1.29, 1.82) is 0 Å². The minimum Gasteiger partial charge on any atom is -0.493 e. The fraction of sp³-hybridized carbons (Fsp3) is 0.133. The Morgan fingerprint density at radius 2 is 1.57 bits per heavy atom. The molecule has 0 bridgehead atoms. The highest BCUT2D eigenvalue weighted by Gasteiger charge is 2.12. The van der Waals surface area contributed by atoms with Gasteiger partial charge >= 0.3 is 0 Å². The molecule has 0 heterocycles. The van der Waals surface area contributed by atoms with Crippen LogP contribution in [-0.2, 0) is 0 Å². The van der Waals surface area contributed by atoms with Crippen LogP contribution in [0.5, 0.6) is 11.5 Å². The highest BCUT2D eigenvalue weighted by Crippen LogP contribution is 2.33. The van der Waals surface area contributed by atoms with Crippen molar-refractivity contribution >= 4 is 46.4 Å². The van der Waals surface area contributed by atoms with E-state index in [0.29, 0.717) is 27.8 Å². The van der Waals surface area contributed by atoms with E-state index in [0.717, 1.165) is 0 Å². The number of carbonyl (C=O) groups excluding carboxylic acids is 1. The van der Waals surface area contributed by atoms with Gasteiger partial charge in [-0.1, -0.05) is 34.8 Å². The van der Waals surface area contributed by atoms with Gasteiger partial charge in [0.05, 0.1) is 30.0 Å². The zero-order valence-electron chi connectivity index (χ0n) is 12.2. The molecule has 8 heteroatoms. The molecule has 0 saturated heterocycles. The number of methoxy groups -OCH3 is 2. The Morgan fingerprint density at radius 1 is 0.957 bits per heavy atom. The maximum absolute atomic E-state index is 12.2. The van der Waals surface area contributed by atoms with Gasteiger partial charge in [-0.15, -0.1) is 0 Å². The summed E-state index contributed by atoms with van der Waals surface area (Å²) in [4.78, 5) is 12.2. The van der Waals surface area contributed by atoms with E-state index in [1.807, 2.05) is 0 Å². The predicted octanol–water partition coefficient (Wildman–Crippen LogP) is 4.42. The molecular weight excluding hydrogens is 363 g/mol. The molecule has 5 nitrogen and oxygen atoms in total. The number of anilines is 1. The van der Waals surface area contributed by atoms with Gasteiger partial charge in [-0.3, -0.25) is 15.6 Å². The van der Waals surface area contributed by atoms with Gasteiger partial charge in [0.15, 0.2) is 11.5 Å². The minimum atomic E-state index is -0.395. The summed E-state index contributed by atoms with van der Waals surface area (Å²) in [7, 11) is 3.01. The molecule has 0 fully saturated rings. The van der Waals surface area contributed by atoms with E-state index in [1.165, 1.54) is 26.4 Å². The van der Waals surface area contributed by atoms with Crippen LogP contribution in [0, 0.1) is 0 Å². The molecule has 122 valence electrons. The molecule has 2 rings (SSSR count). The summed E-state index contributed by atoms with van der Waals surface area (Å²) in [6, 6.07) is 7.82. The van der Waals surface area contributed by atoms with Crippen molar-refractivity contribution in [2.45, 2.75) is 0 Å². The molecule has 2 aromatic carbocycles. The monoisotopic (exact) mass is 374 g/mol. The lowest BCUT2D eigenvalue weighted by Gasteiger charge is -2.13. The van der Waals surface area contributed by atoms with Crippen LogP contribution >= 0.6 is 34.8 Å². The lowest BCUT2D eigenvalue weighted by atomic mass is 10.2. The van der Waals surface area contributed by atoms with E-state index in [4.69, 9.17) is 44.3 Å². The van der Waals surface area contributed by atoms with Crippen LogP contribution in [0.25, 0.3) is 0 Å². The number of nitrogens with one attached hydrogen (secondary N) is 2. The molecule has 0 aliphatic rings. The maximum atomic E-state index is 12.2. The third kappa shape index (κ3) is 4.13. The van der Waals surface area contributed by atoms with Gasteiger partial charge in [-0.2, -0.15) is 0 Å². The number of rotatable bonds is 5. The van der Waals surface area contributed by atoms with Crippen LogP contribution in [0.3, 0.4) is 0 Å². The second-order valence-electron chi connectivity index (χ2n) is 4.39. The Bertz CT molecular complexity index is 715. The van der Waals surface area contributed by atoms with Crippen molar-refractivity contribution in [2.24, 2.45) is 0 Å². The first-order chi connectivity index (χ1) is 11.0. The minimum absolute atomic E-state index is 0.287. The summed E-state index contributed by atoms with van der Waals surface area (Å²) in [5.74, 6) is 0.580. The average molecular weight is 376 g/mol. The Morgan fingerprint density at radius 3 is 2.13 bits per heavy atom. The van der Waals surface area contributed by atoms with Crippen molar-refractivity contribution in [3.63, 3.8) is 0 Å². The number of halogens is 3. The highest BCUT2D eigenvalue weighted by atomic mass is 35.5. The van der Waals surface area contributed by atoms with E-state index in [2.05, 4.69) is 10.9 Å². The third-order valence-corrected chi connectivity index (χ3v) is 3.77. The van der Waals surface area contributed by atoms with Crippen LogP contribution in [-0.4, -0.2) is 20.1 Å². The van der Waals surface area contributed by atoms with E-state index < -0.39 is 5.91 Å². The molecule has 0 spiro atoms. The fourth-order valence-corrected chi connectivity index (χ4v) is 2.74. The molecule has 1 amide bonds. The van der Waals surface area contributed by atoms with Gasteiger partial charge in [0.1, 0.15) is 0 Å². The number of carbonyl (C=O) groups is 1. The second kappa shape index (κ2) is 7.64. The van der Waals surface area contributed by atoms with Crippen LogP contribution in [0.4, 0.5) is 5.69 Å². The van der Waals surface area contributed by atoms with Crippen LogP contribution in [0.15, 0.2) is 30.3 Å². The number of hydrazine groups is 1. The van der Waals surface area contributed by atoms with Gasteiger partial charge in [-0.05, 0) is 30.3 Å². The normalized spacial score (nSPS) is 10.1. The van der Waals surface area contributed by atoms with E-state index in [9.17, 15) is 4.79 Å². The molecule has 0 atom stereocenters. The van der Waals surface area contributed by atoms with Gasteiger partial charge in [-0.25, -0.2) is 0 Å². The first-order valence-electron chi connectivity index (χ1n) is 6.39. The number of benzene rings is 2. The van der Waals surface area contributed by atoms with Crippen LogP contribution in [0.2, 0.25) is 15.1 Å². The summed E-state index contributed by atoms with van der Waals surface area (Å²) >= 11 is 17.9. The first kappa shape index (κ1) is 17.5. The Kier molecular flexibility index (Phi) is 5.82. The number of amides is 1. The lowest BCUT2D eigenvalue weighted by molar-refractivity contribution is 0.0962. The summed E-state index contributed by atoms with van der Waals surface area (Å²) in [6.45, 7) is 0. The zero-order valence-corrected chi connectivity index (χ0v) is 14.5. The summed E-state index contributed by atoms with van der Waals surface area (Å²) in [6.07, 6.45) is 0. The number of hydrogen-bond donors (Lipinski definition) is 2. The molecule has 0 radical (unpaired) electrons. The molecule has 0 aliphatic carbocycles. The molecular formula is C15H13Cl3N2O3. The van der Waals surface area contributed by atoms with Gasteiger partial charge < -0.3 is 9.47 Å². The summed E-state index contributed by atoms with van der Waals surface area (Å²) < 4.78 is 10.3. The topological polar surface area (TPSA) is 59.6 Å². The van der Waals surface area contributed by atoms with Crippen molar-refractivity contribution in [1.82, 2.24) is 5.43 Å². The number of hydrogen-bond acceptors (Lipinski definition) is 4. The summed E-state index contributed by atoms with van der Waals surface area (Å²) in [5.41, 5.74) is 5.91. The molecule has 23 heavy (non-hydrogen) atoms. The Balaban J connectivity index is 2.14. The Hall–Kier alpha value is -1.82. The zero-order chi connectivity index (χ0) is 17.0. The van der Waals surface area contributed by atoms with E-state index in [-0.39, 0.29) is 10.0 Å². The third-order valence-electron chi connectivity index (χ3n) is 2.95. The molecule has 0 saturated carbocycles. The number of ether oxygens (including phenoxy) is 2. The standard InChI is InChI=1S/C15H13Cl3N2O3/c1-22-12-4-3-8(5-13(12)23-2)15(21)20-19-14-10(17)6-9(16)7-11(14)18/h3-7,19H,1-2H3,(H,20,21). The van der Waals surface area contributed by atoms with Gasteiger partial charge in [0.25, 0.3) is 5.91 Å². The second-order valence-corrected chi connectivity index (χ2v) is 5.64. The quantitative estimate of drug-likeness (QED) is 0.760. The average Bonchev–Trinajstić information content (AvgIpc) is 2.52. The molecule has 2 aromatic rings. The van der Waals surface area contributed by atoms with E-state index >= 15 is 0 Å². The van der Waals surface area contributed by atoms with Crippen molar-refractivity contribution in [3.05, 3.63) is 51.0 Å². The maximum Gasteiger partial charge on any atom is 0.269 e. The lowest BCUT2D eigenvalue weighted by Crippen LogP contribution is -2.29. The molecule has 0 unspecified atom stereocenters. The van der Waals surface area contributed by atoms with E-state index in [1.54, 1.807) is 18.2 Å². The fourth-order valence-electron chi connectivity index (χ4n) is 1.83. The van der Waals surface area contributed by atoms with Crippen LogP contribution < -0.4 is 20.3 Å². The van der Waals surface area contributed by atoms with Crippen molar-refractivity contribution in [2.75, 3.05) is 19.6 Å². The molecule has 2 N–H and O–H groups in total. The predicted molar refractivity (Wildman–Crippen MR) is 92.1 cm³/mol. The smallest absolute Gasteiger partial charge is 0.269 e. The van der Waals surface area contributed by atoms with Crippen molar-refractivity contribution < 1.29 is 14.3 Å². The highest BCUT2D eigenvalue weighted by molar-refractivity contribution is 6.41. The van der Waals surface area contributed by atoms with Crippen LogP contribution in [0.1, 0.15) is 10.4 Å². The first-order valence-corrected chi connectivity index (χ1v) is 7.52. The van der Waals surface area contributed by atoms with Gasteiger partial charge in [0, 0.05) is 10.6 Å². The largest absolute Gasteiger partial charge is 0.493 e. The molecule has 0 aliphatic heterocycles.